The highest BCUT2D eigenvalue weighted by molar-refractivity contribution is 5.87. The zero-order valence-corrected chi connectivity index (χ0v) is 9.36. The van der Waals surface area contributed by atoms with Gasteiger partial charge < -0.3 is 9.63 Å². The topological polar surface area (TPSA) is 93.5 Å². The molecule has 7 heteroatoms. The fourth-order valence-corrected chi connectivity index (χ4v) is 1.66. The molecule has 0 aliphatic carbocycles. The van der Waals surface area contributed by atoms with Crippen LogP contribution >= 0.6 is 0 Å². The molecule has 0 spiro atoms. The molecular formula is C11H8N4O3. The number of carboxylic acids is 1. The fraction of sp³-hybridized carbons (Fsp3) is 0.0909. The van der Waals surface area contributed by atoms with E-state index < -0.39 is 5.97 Å². The maximum Gasteiger partial charge on any atom is 0.337 e. The highest BCUT2D eigenvalue weighted by Gasteiger charge is 2.13. The van der Waals surface area contributed by atoms with Crippen molar-refractivity contribution in [2.24, 2.45) is 0 Å². The van der Waals surface area contributed by atoms with Gasteiger partial charge in [-0.3, -0.25) is 4.40 Å². The minimum Gasteiger partial charge on any atom is -0.478 e. The van der Waals surface area contributed by atoms with Crippen LogP contribution in [0.3, 0.4) is 0 Å². The largest absolute Gasteiger partial charge is 0.478 e. The van der Waals surface area contributed by atoms with Crippen LogP contribution in [0.4, 0.5) is 0 Å². The van der Waals surface area contributed by atoms with Crippen LogP contribution in [0.2, 0.25) is 0 Å². The third-order valence-electron chi connectivity index (χ3n) is 2.51. The maximum absolute atomic E-state index is 10.9. The van der Waals surface area contributed by atoms with E-state index in [-0.39, 0.29) is 5.56 Å². The van der Waals surface area contributed by atoms with Gasteiger partial charge in [-0.15, -0.1) is 10.2 Å². The number of carbonyl (C=O) groups is 1. The molecule has 3 rings (SSSR count). The summed E-state index contributed by atoms with van der Waals surface area (Å²) in [5, 5.41) is 20.7. The molecule has 0 amide bonds. The highest BCUT2D eigenvalue weighted by Crippen LogP contribution is 2.18. The first-order valence-electron chi connectivity index (χ1n) is 5.17. The molecule has 3 heterocycles. The van der Waals surface area contributed by atoms with E-state index in [4.69, 9.17) is 9.63 Å². The molecule has 0 aliphatic heterocycles. The van der Waals surface area contributed by atoms with E-state index in [0.29, 0.717) is 22.9 Å². The summed E-state index contributed by atoms with van der Waals surface area (Å²) in [5.74, 6) is 0.0916. The van der Waals surface area contributed by atoms with Crippen molar-refractivity contribution in [2.45, 2.75) is 6.92 Å². The van der Waals surface area contributed by atoms with Gasteiger partial charge in [0, 0.05) is 12.3 Å². The third-order valence-corrected chi connectivity index (χ3v) is 2.51. The van der Waals surface area contributed by atoms with Gasteiger partial charge in [0.25, 0.3) is 0 Å². The minimum atomic E-state index is -1.01. The van der Waals surface area contributed by atoms with Crippen LogP contribution in [0.15, 0.2) is 28.9 Å². The Labute approximate surface area is 101 Å². The van der Waals surface area contributed by atoms with Crippen LogP contribution < -0.4 is 0 Å². The number of hydrogen-bond donors (Lipinski definition) is 1. The van der Waals surface area contributed by atoms with Crippen LogP contribution in [-0.2, 0) is 0 Å². The quantitative estimate of drug-likeness (QED) is 0.732. The molecule has 0 fully saturated rings. The van der Waals surface area contributed by atoms with Crippen molar-refractivity contribution in [2.75, 3.05) is 0 Å². The average Bonchev–Trinajstić information content (AvgIpc) is 2.93. The normalized spacial score (nSPS) is 10.9. The van der Waals surface area contributed by atoms with Crippen molar-refractivity contribution in [3.05, 3.63) is 35.7 Å². The summed E-state index contributed by atoms with van der Waals surface area (Å²) >= 11 is 0. The van der Waals surface area contributed by atoms with Crippen LogP contribution in [0.5, 0.6) is 0 Å². The van der Waals surface area contributed by atoms with Gasteiger partial charge in [0.15, 0.2) is 17.2 Å². The number of pyridine rings is 1. The summed E-state index contributed by atoms with van der Waals surface area (Å²) in [4.78, 5) is 10.9. The predicted molar refractivity (Wildman–Crippen MR) is 60.2 cm³/mol. The monoisotopic (exact) mass is 244 g/mol. The average molecular weight is 244 g/mol. The van der Waals surface area contributed by atoms with Gasteiger partial charge in [0.1, 0.15) is 5.76 Å². The van der Waals surface area contributed by atoms with E-state index in [1.807, 2.05) is 0 Å². The molecule has 0 aromatic carbocycles. The molecule has 0 aliphatic rings. The van der Waals surface area contributed by atoms with E-state index in [0.717, 1.165) is 0 Å². The second-order valence-electron chi connectivity index (χ2n) is 3.80. The third kappa shape index (κ3) is 1.53. The zero-order valence-electron chi connectivity index (χ0n) is 9.36. The Hall–Kier alpha value is -2.70. The van der Waals surface area contributed by atoms with Gasteiger partial charge >= 0.3 is 5.97 Å². The molecule has 0 saturated heterocycles. The maximum atomic E-state index is 10.9. The summed E-state index contributed by atoms with van der Waals surface area (Å²) in [7, 11) is 0. The van der Waals surface area contributed by atoms with E-state index in [9.17, 15) is 4.79 Å². The van der Waals surface area contributed by atoms with Crippen molar-refractivity contribution in [3.8, 4) is 11.5 Å². The van der Waals surface area contributed by atoms with Crippen molar-refractivity contribution < 1.29 is 14.4 Å². The van der Waals surface area contributed by atoms with Crippen molar-refractivity contribution >= 4 is 11.6 Å². The molecule has 3 aromatic rings. The minimum absolute atomic E-state index is 0.156. The Morgan fingerprint density at radius 3 is 2.89 bits per heavy atom. The van der Waals surface area contributed by atoms with Gasteiger partial charge in [-0.2, -0.15) is 0 Å². The van der Waals surface area contributed by atoms with E-state index >= 15 is 0 Å². The predicted octanol–water partition coefficient (Wildman–Crippen LogP) is 1.39. The summed E-state index contributed by atoms with van der Waals surface area (Å²) < 4.78 is 6.54. The summed E-state index contributed by atoms with van der Waals surface area (Å²) in [6, 6.07) is 4.78. The SMILES string of the molecule is Cc1cc(-c2nnc3ccc(C(=O)O)cn23)no1. The van der Waals surface area contributed by atoms with Crippen molar-refractivity contribution in [1.29, 1.82) is 0 Å². The zero-order chi connectivity index (χ0) is 12.7. The van der Waals surface area contributed by atoms with Crippen LogP contribution in [0.1, 0.15) is 16.1 Å². The smallest absolute Gasteiger partial charge is 0.337 e. The first-order valence-corrected chi connectivity index (χ1v) is 5.17. The number of aromatic carboxylic acids is 1. The Kier molecular flexibility index (Phi) is 2.12. The van der Waals surface area contributed by atoms with Gasteiger partial charge in [-0.05, 0) is 19.1 Å². The van der Waals surface area contributed by atoms with E-state index in [2.05, 4.69) is 15.4 Å². The number of hydrogen-bond acceptors (Lipinski definition) is 5. The number of carboxylic acid groups (broad SMARTS) is 1. The second kappa shape index (κ2) is 3.66. The van der Waals surface area contributed by atoms with Crippen molar-refractivity contribution in [3.63, 3.8) is 0 Å². The Morgan fingerprint density at radius 2 is 2.22 bits per heavy atom. The van der Waals surface area contributed by atoms with Crippen molar-refractivity contribution in [1.82, 2.24) is 19.8 Å². The number of nitrogens with zero attached hydrogens (tertiary/aromatic N) is 4. The first kappa shape index (κ1) is 10.5. The molecule has 0 saturated carbocycles. The molecule has 0 bridgehead atoms. The first-order chi connectivity index (χ1) is 8.65. The van der Waals surface area contributed by atoms with E-state index in [1.165, 1.54) is 12.3 Å². The molecule has 0 atom stereocenters. The Bertz CT molecular complexity index is 744. The molecule has 18 heavy (non-hydrogen) atoms. The molecule has 1 N–H and O–H groups in total. The van der Waals surface area contributed by atoms with E-state index in [1.54, 1.807) is 23.5 Å². The summed E-state index contributed by atoms with van der Waals surface area (Å²) in [5.41, 5.74) is 1.22. The molecule has 0 unspecified atom stereocenters. The second-order valence-corrected chi connectivity index (χ2v) is 3.80. The molecule has 7 nitrogen and oxygen atoms in total. The van der Waals surface area contributed by atoms with Gasteiger partial charge in [0.2, 0.25) is 0 Å². The number of fused-ring (bicyclic) bond motifs is 1. The molecule has 0 radical (unpaired) electrons. The van der Waals surface area contributed by atoms with Crippen LogP contribution in [0, 0.1) is 6.92 Å². The number of rotatable bonds is 2. The Balaban J connectivity index is 2.23. The summed E-state index contributed by atoms with van der Waals surface area (Å²) in [6.45, 7) is 1.77. The lowest BCUT2D eigenvalue weighted by molar-refractivity contribution is 0.0696. The van der Waals surface area contributed by atoms with Crippen LogP contribution in [-0.4, -0.2) is 30.8 Å². The fourth-order valence-electron chi connectivity index (χ4n) is 1.66. The van der Waals surface area contributed by atoms with Gasteiger partial charge in [-0.25, -0.2) is 4.79 Å². The molecule has 3 aromatic heterocycles. The lowest BCUT2D eigenvalue weighted by Gasteiger charge is -1.98. The standard InChI is InChI=1S/C11H8N4O3/c1-6-4-8(14-18-6)10-13-12-9-3-2-7(11(16)17)5-15(9)10/h2-5H,1H3,(H,16,17). The van der Waals surface area contributed by atoms with Crippen LogP contribution in [0.25, 0.3) is 17.2 Å². The number of aromatic nitrogens is 4. The lowest BCUT2D eigenvalue weighted by Crippen LogP contribution is -1.99. The lowest BCUT2D eigenvalue weighted by atomic mass is 10.3. The van der Waals surface area contributed by atoms with Gasteiger partial charge in [-0.1, -0.05) is 5.16 Å². The molecular weight excluding hydrogens is 236 g/mol. The van der Waals surface area contributed by atoms with Gasteiger partial charge in [0.05, 0.1) is 5.56 Å². The Morgan fingerprint density at radius 1 is 1.39 bits per heavy atom. The molecule has 90 valence electrons. The highest BCUT2D eigenvalue weighted by atomic mass is 16.5. The number of aryl methyl sites for hydroxylation is 1. The summed E-state index contributed by atoms with van der Waals surface area (Å²) in [6.07, 6.45) is 1.46.